The Labute approximate surface area is 148 Å². The number of anilines is 1. The monoisotopic (exact) mass is 370 g/mol. The molecule has 0 saturated heterocycles. The van der Waals surface area contributed by atoms with E-state index in [1.165, 1.54) is 18.4 Å². The largest absolute Gasteiger partial charge is 0.354 e. The highest BCUT2D eigenvalue weighted by atomic mass is 35.5. The molecule has 5 nitrogen and oxygen atoms in total. The molecule has 0 saturated carbocycles. The number of para-hydroxylation sites is 1. The summed E-state index contributed by atoms with van der Waals surface area (Å²) in [7, 11) is -3.60. The van der Waals surface area contributed by atoms with Gasteiger partial charge in [0.15, 0.2) is 0 Å². The number of sulfonamides is 1. The molecular formula is C17H23ClN2O3S. The van der Waals surface area contributed by atoms with Gasteiger partial charge < -0.3 is 5.32 Å². The first-order valence-corrected chi connectivity index (χ1v) is 10.3. The highest BCUT2D eigenvalue weighted by Crippen LogP contribution is 2.26. The molecule has 1 aliphatic rings. The van der Waals surface area contributed by atoms with Crippen molar-refractivity contribution in [3.05, 3.63) is 40.9 Å². The molecule has 132 valence electrons. The Morgan fingerprint density at radius 1 is 1.29 bits per heavy atom. The van der Waals surface area contributed by atoms with E-state index in [0.29, 0.717) is 17.3 Å². The van der Waals surface area contributed by atoms with Crippen LogP contribution >= 0.6 is 11.6 Å². The maximum Gasteiger partial charge on any atom is 0.240 e. The number of allylic oxidation sites excluding steroid dienone is 1. The number of halogens is 1. The average Bonchev–Trinajstić information content (AvgIpc) is 2.53. The van der Waals surface area contributed by atoms with Crippen molar-refractivity contribution in [1.82, 2.24) is 5.32 Å². The number of amides is 1. The van der Waals surface area contributed by atoms with Crippen LogP contribution in [0.4, 0.5) is 5.69 Å². The second-order valence-corrected chi connectivity index (χ2v) is 8.24. The summed E-state index contributed by atoms with van der Waals surface area (Å²) < 4.78 is 25.1. The molecule has 2 rings (SSSR count). The average molecular weight is 371 g/mol. The topological polar surface area (TPSA) is 66.5 Å². The maximum atomic E-state index is 12.1. The molecule has 0 radical (unpaired) electrons. The van der Waals surface area contributed by atoms with Crippen LogP contribution in [-0.2, 0) is 14.8 Å². The van der Waals surface area contributed by atoms with Gasteiger partial charge in [0, 0.05) is 6.54 Å². The van der Waals surface area contributed by atoms with E-state index < -0.39 is 10.0 Å². The summed E-state index contributed by atoms with van der Waals surface area (Å²) in [6.07, 6.45) is 8.75. The number of hydrogen-bond donors (Lipinski definition) is 1. The molecule has 1 aromatic carbocycles. The van der Waals surface area contributed by atoms with Crippen molar-refractivity contribution in [2.45, 2.75) is 32.1 Å². The summed E-state index contributed by atoms with van der Waals surface area (Å²) in [4.78, 5) is 12.1. The lowest BCUT2D eigenvalue weighted by atomic mass is 9.97. The highest BCUT2D eigenvalue weighted by Gasteiger charge is 2.22. The minimum absolute atomic E-state index is 0.276. The third-order valence-corrected chi connectivity index (χ3v) is 5.41. The Kier molecular flexibility index (Phi) is 6.69. The first kappa shape index (κ1) is 18.8. The predicted octanol–water partition coefficient (Wildman–Crippen LogP) is 3.11. The van der Waals surface area contributed by atoms with Crippen molar-refractivity contribution >= 4 is 33.2 Å². The number of benzene rings is 1. The van der Waals surface area contributed by atoms with Gasteiger partial charge in [-0.3, -0.25) is 9.10 Å². The fraction of sp³-hybridized carbons (Fsp3) is 0.471. The lowest BCUT2D eigenvalue weighted by Crippen LogP contribution is -2.40. The van der Waals surface area contributed by atoms with Gasteiger partial charge in [0.1, 0.15) is 6.54 Å². The molecular weight excluding hydrogens is 348 g/mol. The molecule has 1 aliphatic carbocycles. The molecule has 24 heavy (non-hydrogen) atoms. The fourth-order valence-corrected chi connectivity index (χ4v) is 3.87. The van der Waals surface area contributed by atoms with Gasteiger partial charge in [-0.05, 0) is 44.2 Å². The second kappa shape index (κ2) is 8.53. The van der Waals surface area contributed by atoms with E-state index in [1.54, 1.807) is 24.3 Å². The molecule has 0 aromatic heterocycles. The van der Waals surface area contributed by atoms with Gasteiger partial charge in [-0.15, -0.1) is 0 Å². The normalized spacial score (nSPS) is 14.8. The summed E-state index contributed by atoms with van der Waals surface area (Å²) in [5.74, 6) is -0.336. The lowest BCUT2D eigenvalue weighted by Gasteiger charge is -2.23. The van der Waals surface area contributed by atoms with Crippen LogP contribution in [0.15, 0.2) is 35.9 Å². The Morgan fingerprint density at radius 3 is 2.67 bits per heavy atom. The van der Waals surface area contributed by atoms with E-state index in [-0.39, 0.29) is 12.5 Å². The van der Waals surface area contributed by atoms with Crippen molar-refractivity contribution < 1.29 is 13.2 Å². The Balaban J connectivity index is 1.96. The lowest BCUT2D eigenvalue weighted by molar-refractivity contribution is -0.119. The third kappa shape index (κ3) is 5.53. The van der Waals surface area contributed by atoms with Gasteiger partial charge in [0.25, 0.3) is 0 Å². The molecule has 1 amide bonds. The Morgan fingerprint density at radius 2 is 2.04 bits per heavy atom. The van der Waals surface area contributed by atoms with E-state index in [4.69, 9.17) is 11.6 Å². The summed E-state index contributed by atoms with van der Waals surface area (Å²) in [5.41, 5.74) is 1.68. The van der Waals surface area contributed by atoms with Crippen LogP contribution in [0.1, 0.15) is 32.1 Å². The van der Waals surface area contributed by atoms with Crippen LogP contribution in [0, 0.1) is 0 Å². The van der Waals surface area contributed by atoms with Crippen LogP contribution in [-0.4, -0.2) is 33.7 Å². The van der Waals surface area contributed by atoms with Crippen LogP contribution in [0.2, 0.25) is 5.02 Å². The van der Waals surface area contributed by atoms with Crippen molar-refractivity contribution in [3.8, 4) is 0 Å². The van der Waals surface area contributed by atoms with Gasteiger partial charge >= 0.3 is 0 Å². The van der Waals surface area contributed by atoms with Gasteiger partial charge in [-0.25, -0.2) is 8.42 Å². The molecule has 0 fully saturated rings. The molecule has 0 bridgehead atoms. The van der Waals surface area contributed by atoms with E-state index in [1.807, 2.05) is 0 Å². The van der Waals surface area contributed by atoms with E-state index in [9.17, 15) is 13.2 Å². The number of rotatable bonds is 7. The molecule has 1 N–H and O–H groups in total. The second-order valence-electron chi connectivity index (χ2n) is 5.93. The van der Waals surface area contributed by atoms with Crippen LogP contribution in [0.25, 0.3) is 0 Å². The molecule has 1 aromatic rings. The van der Waals surface area contributed by atoms with E-state index in [2.05, 4.69) is 11.4 Å². The predicted molar refractivity (Wildman–Crippen MR) is 97.8 cm³/mol. The highest BCUT2D eigenvalue weighted by molar-refractivity contribution is 7.92. The standard InChI is InChI=1S/C17H23ClN2O3S/c1-24(22,23)20(16-10-6-5-9-15(16)18)13-17(21)19-12-11-14-7-3-2-4-8-14/h5-7,9-10H,2-4,8,11-13H2,1H3,(H,19,21). The zero-order valence-electron chi connectivity index (χ0n) is 13.8. The van der Waals surface area contributed by atoms with Gasteiger partial charge in [-0.2, -0.15) is 0 Å². The minimum Gasteiger partial charge on any atom is -0.354 e. The summed E-state index contributed by atoms with van der Waals surface area (Å²) in [5, 5.41) is 3.09. The number of hydrogen-bond acceptors (Lipinski definition) is 3. The molecule has 0 heterocycles. The smallest absolute Gasteiger partial charge is 0.240 e. The van der Waals surface area contributed by atoms with Gasteiger partial charge in [-0.1, -0.05) is 35.4 Å². The van der Waals surface area contributed by atoms with Crippen LogP contribution in [0.5, 0.6) is 0 Å². The number of nitrogens with zero attached hydrogens (tertiary/aromatic N) is 1. The number of carbonyl (C=O) groups excluding carboxylic acids is 1. The van der Waals surface area contributed by atoms with Crippen molar-refractivity contribution in [2.24, 2.45) is 0 Å². The summed E-state index contributed by atoms with van der Waals surface area (Å²) in [6, 6.07) is 6.59. The number of nitrogens with one attached hydrogen (secondary N) is 1. The van der Waals surface area contributed by atoms with Crippen LogP contribution < -0.4 is 9.62 Å². The molecule has 0 unspecified atom stereocenters. The Bertz CT molecular complexity index is 716. The fourth-order valence-electron chi connectivity index (χ4n) is 2.72. The van der Waals surface area contributed by atoms with Gasteiger partial charge in [0.05, 0.1) is 17.0 Å². The van der Waals surface area contributed by atoms with E-state index in [0.717, 1.165) is 29.8 Å². The van der Waals surface area contributed by atoms with E-state index >= 15 is 0 Å². The van der Waals surface area contributed by atoms with Crippen LogP contribution in [0.3, 0.4) is 0 Å². The molecule has 7 heteroatoms. The zero-order valence-corrected chi connectivity index (χ0v) is 15.4. The number of carbonyl (C=O) groups is 1. The van der Waals surface area contributed by atoms with Crippen molar-refractivity contribution in [3.63, 3.8) is 0 Å². The first-order chi connectivity index (χ1) is 11.4. The Hall–Kier alpha value is -1.53. The summed E-state index contributed by atoms with van der Waals surface area (Å²) in [6.45, 7) is 0.242. The van der Waals surface area contributed by atoms with Gasteiger partial charge in [0.2, 0.25) is 15.9 Å². The van der Waals surface area contributed by atoms with Crippen molar-refractivity contribution in [2.75, 3.05) is 23.7 Å². The zero-order chi connectivity index (χ0) is 17.6. The summed E-state index contributed by atoms with van der Waals surface area (Å²) >= 11 is 6.07. The molecule has 0 aliphatic heterocycles. The SMILES string of the molecule is CS(=O)(=O)N(CC(=O)NCCC1=CCCCC1)c1ccccc1Cl. The quantitative estimate of drug-likeness (QED) is 0.750. The third-order valence-electron chi connectivity index (χ3n) is 3.96. The first-order valence-electron chi connectivity index (χ1n) is 8.05. The molecule has 0 atom stereocenters. The molecule has 0 spiro atoms. The van der Waals surface area contributed by atoms with Crippen molar-refractivity contribution in [1.29, 1.82) is 0 Å². The maximum absolute atomic E-state index is 12.1. The minimum atomic E-state index is -3.60.